The van der Waals surface area contributed by atoms with Crippen LogP contribution in [0.2, 0.25) is 0 Å². The van der Waals surface area contributed by atoms with E-state index in [0.29, 0.717) is 25.1 Å². The van der Waals surface area contributed by atoms with E-state index < -0.39 is 0 Å². The molecule has 0 aliphatic heterocycles. The lowest BCUT2D eigenvalue weighted by molar-refractivity contribution is 0.289. The fraction of sp³-hybridized carbons (Fsp3) is 0.375. The van der Waals surface area contributed by atoms with Gasteiger partial charge < -0.3 is 14.8 Å². The third kappa shape index (κ3) is 5.04. The number of methoxy groups -OCH3 is 1. The van der Waals surface area contributed by atoms with Crippen LogP contribution in [-0.4, -0.2) is 23.3 Å². The van der Waals surface area contributed by atoms with Gasteiger partial charge in [-0.15, -0.1) is 5.10 Å². The Labute approximate surface area is 125 Å². The molecule has 1 heterocycles. The maximum absolute atomic E-state index is 5.61. The van der Waals surface area contributed by atoms with Crippen molar-refractivity contribution in [1.29, 1.82) is 0 Å². The fourth-order valence-corrected chi connectivity index (χ4v) is 1.71. The summed E-state index contributed by atoms with van der Waals surface area (Å²) >= 11 is 0. The third-order valence-electron chi connectivity index (χ3n) is 2.93. The molecule has 0 spiro atoms. The van der Waals surface area contributed by atoms with Gasteiger partial charge in [-0.1, -0.05) is 26.0 Å². The van der Waals surface area contributed by atoms with E-state index in [1.165, 1.54) is 0 Å². The lowest BCUT2D eigenvalue weighted by atomic mass is 10.2. The van der Waals surface area contributed by atoms with Gasteiger partial charge in [-0.05, 0) is 23.8 Å². The topological polar surface area (TPSA) is 56.3 Å². The minimum atomic E-state index is 0.429. The Morgan fingerprint density at radius 2 is 1.81 bits per heavy atom. The Hall–Kier alpha value is -2.14. The van der Waals surface area contributed by atoms with Gasteiger partial charge in [0.15, 0.2) is 0 Å². The molecule has 0 radical (unpaired) electrons. The molecule has 0 fully saturated rings. The molecule has 0 saturated carbocycles. The van der Waals surface area contributed by atoms with E-state index in [1.807, 2.05) is 36.4 Å². The summed E-state index contributed by atoms with van der Waals surface area (Å²) in [6, 6.07) is 11.9. The molecule has 0 atom stereocenters. The smallest absolute Gasteiger partial charge is 0.233 e. The molecule has 0 aliphatic carbocycles. The van der Waals surface area contributed by atoms with Crippen molar-refractivity contribution in [1.82, 2.24) is 15.5 Å². The number of aromatic nitrogens is 2. The molecule has 0 unspecified atom stereocenters. The monoisotopic (exact) mass is 287 g/mol. The zero-order valence-electron chi connectivity index (χ0n) is 12.7. The van der Waals surface area contributed by atoms with Gasteiger partial charge in [-0.25, -0.2) is 0 Å². The van der Waals surface area contributed by atoms with Gasteiger partial charge in [-0.3, -0.25) is 0 Å². The summed E-state index contributed by atoms with van der Waals surface area (Å²) in [6.45, 7) is 5.37. The number of ether oxygens (including phenoxy) is 2. The predicted molar refractivity (Wildman–Crippen MR) is 81.3 cm³/mol. The predicted octanol–water partition coefficient (Wildman–Crippen LogP) is 2.56. The van der Waals surface area contributed by atoms with Crippen LogP contribution < -0.4 is 14.8 Å². The maximum atomic E-state index is 5.61. The summed E-state index contributed by atoms with van der Waals surface area (Å²) in [7, 11) is 1.65. The highest BCUT2D eigenvalue weighted by Crippen LogP contribution is 2.13. The Morgan fingerprint density at radius 1 is 1.05 bits per heavy atom. The molecule has 1 aromatic heterocycles. The molecule has 1 N–H and O–H groups in total. The number of hydrogen-bond donors (Lipinski definition) is 1. The van der Waals surface area contributed by atoms with E-state index in [-0.39, 0.29) is 0 Å². The molecular formula is C16H21N3O2. The highest BCUT2D eigenvalue weighted by Gasteiger charge is 2.01. The summed E-state index contributed by atoms with van der Waals surface area (Å²) < 4.78 is 10.7. The highest BCUT2D eigenvalue weighted by molar-refractivity contribution is 5.27. The van der Waals surface area contributed by atoms with E-state index in [9.17, 15) is 0 Å². The van der Waals surface area contributed by atoms with Crippen LogP contribution in [0.3, 0.4) is 0 Å². The van der Waals surface area contributed by atoms with Crippen LogP contribution in [0.15, 0.2) is 36.4 Å². The zero-order chi connectivity index (χ0) is 15.1. The fourth-order valence-electron chi connectivity index (χ4n) is 1.71. The van der Waals surface area contributed by atoms with Crippen molar-refractivity contribution < 1.29 is 9.47 Å². The van der Waals surface area contributed by atoms with Crippen LogP contribution >= 0.6 is 0 Å². The SMILES string of the molecule is COc1ccc(COc2ccc(CNC(C)C)nn2)cc1. The number of nitrogens with one attached hydrogen (secondary N) is 1. The molecule has 0 aliphatic rings. The molecule has 112 valence electrons. The van der Waals surface area contributed by atoms with Crippen molar-refractivity contribution >= 4 is 0 Å². The van der Waals surface area contributed by atoms with E-state index >= 15 is 0 Å². The summed E-state index contributed by atoms with van der Waals surface area (Å²) in [4.78, 5) is 0. The molecule has 1 aromatic carbocycles. The van der Waals surface area contributed by atoms with Gasteiger partial charge in [-0.2, -0.15) is 5.10 Å². The molecule has 0 bridgehead atoms. The first-order chi connectivity index (χ1) is 10.2. The minimum Gasteiger partial charge on any atom is -0.497 e. The van der Waals surface area contributed by atoms with Crippen molar-refractivity contribution in [2.45, 2.75) is 33.0 Å². The molecule has 2 aromatic rings. The van der Waals surface area contributed by atoms with E-state index in [2.05, 4.69) is 29.4 Å². The van der Waals surface area contributed by atoms with Gasteiger partial charge in [0.05, 0.1) is 12.8 Å². The van der Waals surface area contributed by atoms with Crippen LogP contribution in [0.5, 0.6) is 11.6 Å². The highest BCUT2D eigenvalue weighted by atomic mass is 16.5. The normalized spacial score (nSPS) is 10.7. The molecule has 21 heavy (non-hydrogen) atoms. The average Bonchev–Trinajstić information content (AvgIpc) is 2.52. The lowest BCUT2D eigenvalue weighted by Gasteiger charge is -2.08. The average molecular weight is 287 g/mol. The third-order valence-corrected chi connectivity index (χ3v) is 2.93. The molecular weight excluding hydrogens is 266 g/mol. The van der Waals surface area contributed by atoms with Gasteiger partial charge in [0.2, 0.25) is 5.88 Å². The maximum Gasteiger partial charge on any atom is 0.233 e. The van der Waals surface area contributed by atoms with Crippen LogP contribution in [0.1, 0.15) is 25.1 Å². The Bertz CT molecular complexity index is 538. The van der Waals surface area contributed by atoms with E-state index in [1.54, 1.807) is 7.11 Å². The second-order valence-corrected chi connectivity index (χ2v) is 5.04. The van der Waals surface area contributed by atoms with Gasteiger partial charge in [0.25, 0.3) is 0 Å². The molecule has 0 amide bonds. The summed E-state index contributed by atoms with van der Waals surface area (Å²) in [5, 5.41) is 11.5. The molecule has 5 nitrogen and oxygen atoms in total. The summed E-state index contributed by atoms with van der Waals surface area (Å²) in [5.41, 5.74) is 1.96. The second kappa shape index (κ2) is 7.59. The molecule has 0 saturated heterocycles. The second-order valence-electron chi connectivity index (χ2n) is 5.04. The van der Waals surface area contributed by atoms with Crippen molar-refractivity contribution in [2.24, 2.45) is 0 Å². The van der Waals surface area contributed by atoms with Crippen molar-refractivity contribution in [3.8, 4) is 11.6 Å². The number of hydrogen-bond acceptors (Lipinski definition) is 5. The number of rotatable bonds is 7. The Balaban J connectivity index is 1.85. The van der Waals surface area contributed by atoms with Crippen LogP contribution in [0.25, 0.3) is 0 Å². The summed E-state index contributed by atoms with van der Waals surface area (Å²) in [5.74, 6) is 1.36. The van der Waals surface area contributed by atoms with Crippen LogP contribution in [0, 0.1) is 0 Å². The largest absolute Gasteiger partial charge is 0.497 e. The van der Waals surface area contributed by atoms with Gasteiger partial charge in [0, 0.05) is 18.7 Å². The first-order valence-electron chi connectivity index (χ1n) is 6.99. The van der Waals surface area contributed by atoms with Gasteiger partial charge in [0.1, 0.15) is 12.4 Å². The first kappa shape index (κ1) is 15.3. The Morgan fingerprint density at radius 3 is 2.38 bits per heavy atom. The van der Waals surface area contributed by atoms with Crippen molar-refractivity contribution in [2.75, 3.05) is 7.11 Å². The number of benzene rings is 1. The number of nitrogens with zero attached hydrogens (tertiary/aromatic N) is 2. The standard InChI is InChI=1S/C16H21N3O2/c1-12(2)17-10-14-6-9-16(19-18-14)21-11-13-4-7-15(20-3)8-5-13/h4-9,12,17H,10-11H2,1-3H3. The van der Waals surface area contributed by atoms with Crippen LogP contribution in [-0.2, 0) is 13.2 Å². The first-order valence-corrected chi connectivity index (χ1v) is 6.99. The Kier molecular flexibility index (Phi) is 5.51. The van der Waals surface area contributed by atoms with E-state index in [4.69, 9.17) is 9.47 Å². The van der Waals surface area contributed by atoms with E-state index in [0.717, 1.165) is 17.0 Å². The van der Waals surface area contributed by atoms with Crippen molar-refractivity contribution in [3.63, 3.8) is 0 Å². The summed E-state index contributed by atoms with van der Waals surface area (Å²) in [6.07, 6.45) is 0. The zero-order valence-corrected chi connectivity index (χ0v) is 12.7. The molecule has 5 heteroatoms. The van der Waals surface area contributed by atoms with Gasteiger partial charge >= 0.3 is 0 Å². The quantitative estimate of drug-likeness (QED) is 0.848. The molecule has 2 rings (SSSR count). The minimum absolute atomic E-state index is 0.429. The van der Waals surface area contributed by atoms with Crippen molar-refractivity contribution in [3.05, 3.63) is 47.7 Å². The van der Waals surface area contributed by atoms with Crippen LogP contribution in [0.4, 0.5) is 0 Å². The lowest BCUT2D eigenvalue weighted by Crippen LogP contribution is -2.22.